The Kier molecular flexibility index (Phi) is 3.57. The van der Waals surface area contributed by atoms with Gasteiger partial charge in [-0.25, -0.2) is 4.98 Å². The van der Waals surface area contributed by atoms with Gasteiger partial charge >= 0.3 is 0 Å². The summed E-state index contributed by atoms with van der Waals surface area (Å²) >= 11 is 1.73. The van der Waals surface area contributed by atoms with Crippen LogP contribution in [0.4, 0.5) is 5.69 Å². The van der Waals surface area contributed by atoms with Crippen LogP contribution in [-0.2, 0) is 17.6 Å². The fourth-order valence-corrected chi connectivity index (χ4v) is 3.67. The Morgan fingerprint density at radius 2 is 2.05 bits per heavy atom. The average Bonchev–Trinajstić information content (AvgIpc) is 2.80. The molecule has 4 heteroatoms. The first-order valence-electron chi connectivity index (χ1n) is 6.94. The smallest absolute Gasteiger partial charge is 0.227 e. The fourth-order valence-electron chi connectivity index (χ4n) is 2.61. The molecule has 1 aromatic heterocycles. The topological polar surface area (TPSA) is 42.0 Å². The second-order valence-electron chi connectivity index (χ2n) is 5.40. The van der Waals surface area contributed by atoms with Crippen LogP contribution in [-0.4, -0.2) is 10.9 Å². The van der Waals surface area contributed by atoms with E-state index in [2.05, 4.69) is 10.3 Å². The number of nitrogens with one attached hydrogen (secondary N) is 1. The molecule has 1 aliphatic carbocycles. The highest BCUT2D eigenvalue weighted by molar-refractivity contribution is 7.11. The Morgan fingerprint density at radius 1 is 1.30 bits per heavy atom. The van der Waals surface area contributed by atoms with Gasteiger partial charge in [0.15, 0.2) is 0 Å². The largest absolute Gasteiger partial charge is 0.326 e. The highest BCUT2D eigenvalue weighted by Gasteiger charge is 2.27. The standard InChI is InChI=1S/C16H18N2OS/c1-10-3-6-13(7-4-10)18-16(19)12-5-8-14-15(9-12)20-11(2)17-14/h3-4,6-7,12H,5,8-9H2,1-2H3,(H,18,19). The van der Waals surface area contributed by atoms with E-state index in [1.54, 1.807) is 11.3 Å². The number of hydrogen-bond acceptors (Lipinski definition) is 3. The summed E-state index contributed by atoms with van der Waals surface area (Å²) in [7, 11) is 0. The number of aryl methyl sites for hydroxylation is 3. The Labute approximate surface area is 123 Å². The van der Waals surface area contributed by atoms with Crippen molar-refractivity contribution in [2.75, 3.05) is 5.32 Å². The van der Waals surface area contributed by atoms with Crippen molar-refractivity contribution < 1.29 is 4.79 Å². The molecule has 3 rings (SSSR count). The van der Waals surface area contributed by atoms with Crippen LogP contribution in [0.2, 0.25) is 0 Å². The van der Waals surface area contributed by atoms with Gasteiger partial charge in [0.25, 0.3) is 0 Å². The zero-order chi connectivity index (χ0) is 14.1. The molecule has 0 fully saturated rings. The minimum Gasteiger partial charge on any atom is -0.326 e. The van der Waals surface area contributed by atoms with Crippen LogP contribution in [0.25, 0.3) is 0 Å². The maximum absolute atomic E-state index is 12.3. The molecule has 104 valence electrons. The number of carbonyl (C=O) groups excluding carboxylic acids is 1. The van der Waals surface area contributed by atoms with Crippen LogP contribution in [0.5, 0.6) is 0 Å². The highest BCUT2D eigenvalue weighted by atomic mass is 32.1. The first-order valence-corrected chi connectivity index (χ1v) is 7.76. The van der Waals surface area contributed by atoms with E-state index in [1.165, 1.54) is 16.1 Å². The van der Waals surface area contributed by atoms with E-state index < -0.39 is 0 Å². The normalized spacial score (nSPS) is 17.6. The summed E-state index contributed by atoms with van der Waals surface area (Å²) in [6.45, 7) is 4.07. The zero-order valence-electron chi connectivity index (χ0n) is 11.8. The zero-order valence-corrected chi connectivity index (χ0v) is 12.6. The molecule has 1 amide bonds. The number of hydrogen-bond donors (Lipinski definition) is 1. The van der Waals surface area contributed by atoms with Gasteiger partial charge in [-0.15, -0.1) is 11.3 Å². The molecule has 1 aromatic carbocycles. The monoisotopic (exact) mass is 286 g/mol. The molecular formula is C16H18N2OS. The predicted molar refractivity (Wildman–Crippen MR) is 82.2 cm³/mol. The molecule has 0 spiro atoms. The van der Waals surface area contributed by atoms with Gasteiger partial charge in [0, 0.05) is 16.5 Å². The van der Waals surface area contributed by atoms with Gasteiger partial charge in [0.2, 0.25) is 5.91 Å². The molecule has 0 bridgehead atoms. The van der Waals surface area contributed by atoms with Crippen LogP contribution < -0.4 is 5.32 Å². The summed E-state index contributed by atoms with van der Waals surface area (Å²) in [4.78, 5) is 18.2. The van der Waals surface area contributed by atoms with Crippen LogP contribution in [0, 0.1) is 19.8 Å². The minimum absolute atomic E-state index is 0.0728. The third kappa shape index (κ3) is 2.75. The SMILES string of the molecule is Cc1ccc(NC(=O)C2CCc3nc(C)sc3C2)cc1. The van der Waals surface area contributed by atoms with Crippen LogP contribution in [0.15, 0.2) is 24.3 Å². The van der Waals surface area contributed by atoms with Crippen LogP contribution in [0.1, 0.15) is 27.6 Å². The van der Waals surface area contributed by atoms with Crippen molar-refractivity contribution in [1.29, 1.82) is 0 Å². The van der Waals surface area contributed by atoms with Crippen molar-refractivity contribution in [3.05, 3.63) is 45.4 Å². The summed E-state index contributed by atoms with van der Waals surface area (Å²) in [5.41, 5.74) is 3.28. The molecule has 1 heterocycles. The molecule has 0 radical (unpaired) electrons. The molecule has 1 N–H and O–H groups in total. The molecule has 1 atom stereocenters. The van der Waals surface area contributed by atoms with E-state index in [-0.39, 0.29) is 11.8 Å². The average molecular weight is 286 g/mol. The van der Waals surface area contributed by atoms with Gasteiger partial charge in [-0.05, 0) is 45.2 Å². The summed E-state index contributed by atoms with van der Waals surface area (Å²) < 4.78 is 0. The van der Waals surface area contributed by atoms with Crippen molar-refractivity contribution in [1.82, 2.24) is 4.98 Å². The molecule has 0 saturated heterocycles. The molecule has 1 unspecified atom stereocenters. The lowest BCUT2D eigenvalue weighted by atomic mass is 9.90. The van der Waals surface area contributed by atoms with Gasteiger partial charge in [-0.1, -0.05) is 17.7 Å². The molecular weight excluding hydrogens is 268 g/mol. The number of nitrogens with zero attached hydrogens (tertiary/aromatic N) is 1. The van der Waals surface area contributed by atoms with Crippen LogP contribution in [0.3, 0.4) is 0 Å². The number of anilines is 1. The Bertz CT molecular complexity index is 630. The van der Waals surface area contributed by atoms with E-state index in [0.717, 1.165) is 30.0 Å². The van der Waals surface area contributed by atoms with Gasteiger partial charge in [-0.2, -0.15) is 0 Å². The molecule has 1 aliphatic rings. The maximum Gasteiger partial charge on any atom is 0.227 e. The lowest BCUT2D eigenvalue weighted by molar-refractivity contribution is -0.120. The number of amides is 1. The highest BCUT2D eigenvalue weighted by Crippen LogP contribution is 2.30. The lowest BCUT2D eigenvalue weighted by Crippen LogP contribution is -2.27. The third-order valence-electron chi connectivity index (χ3n) is 3.74. The van der Waals surface area contributed by atoms with Gasteiger partial charge < -0.3 is 5.32 Å². The van der Waals surface area contributed by atoms with Crippen molar-refractivity contribution in [2.45, 2.75) is 33.1 Å². The van der Waals surface area contributed by atoms with E-state index in [0.29, 0.717) is 0 Å². The molecule has 0 aliphatic heterocycles. The molecule has 0 saturated carbocycles. The third-order valence-corrected chi connectivity index (χ3v) is 4.77. The minimum atomic E-state index is 0.0728. The van der Waals surface area contributed by atoms with Crippen LogP contribution >= 0.6 is 11.3 Å². The van der Waals surface area contributed by atoms with E-state index in [1.807, 2.05) is 38.1 Å². The van der Waals surface area contributed by atoms with Crippen molar-refractivity contribution in [3.63, 3.8) is 0 Å². The first-order chi connectivity index (χ1) is 9.61. The van der Waals surface area contributed by atoms with E-state index >= 15 is 0 Å². The number of carbonyl (C=O) groups is 1. The predicted octanol–water partition coefficient (Wildman–Crippen LogP) is 3.50. The number of aromatic nitrogens is 1. The second kappa shape index (κ2) is 5.37. The van der Waals surface area contributed by atoms with Crippen molar-refractivity contribution >= 4 is 22.9 Å². The van der Waals surface area contributed by atoms with E-state index in [9.17, 15) is 4.79 Å². The van der Waals surface area contributed by atoms with Crippen molar-refractivity contribution in [2.24, 2.45) is 5.92 Å². The number of rotatable bonds is 2. The molecule has 3 nitrogen and oxygen atoms in total. The number of benzene rings is 1. The first kappa shape index (κ1) is 13.3. The molecule has 20 heavy (non-hydrogen) atoms. The number of thiazole rings is 1. The fraction of sp³-hybridized carbons (Fsp3) is 0.375. The summed E-state index contributed by atoms with van der Waals surface area (Å²) in [6, 6.07) is 7.94. The van der Waals surface area contributed by atoms with Crippen molar-refractivity contribution in [3.8, 4) is 0 Å². The second-order valence-corrected chi connectivity index (χ2v) is 6.69. The maximum atomic E-state index is 12.3. The Hall–Kier alpha value is -1.68. The number of fused-ring (bicyclic) bond motifs is 1. The summed E-state index contributed by atoms with van der Waals surface area (Å²) in [5.74, 6) is 0.203. The van der Waals surface area contributed by atoms with Gasteiger partial charge in [0.1, 0.15) is 0 Å². The van der Waals surface area contributed by atoms with E-state index in [4.69, 9.17) is 0 Å². The van der Waals surface area contributed by atoms with Gasteiger partial charge in [-0.3, -0.25) is 4.79 Å². The molecule has 2 aromatic rings. The quantitative estimate of drug-likeness (QED) is 0.918. The summed E-state index contributed by atoms with van der Waals surface area (Å²) in [5, 5.41) is 4.13. The lowest BCUT2D eigenvalue weighted by Gasteiger charge is -2.20. The summed E-state index contributed by atoms with van der Waals surface area (Å²) in [6.07, 6.45) is 2.65. The van der Waals surface area contributed by atoms with Gasteiger partial charge in [0.05, 0.1) is 10.7 Å². The Balaban J connectivity index is 1.68. The Morgan fingerprint density at radius 3 is 2.80 bits per heavy atom.